The highest BCUT2D eigenvalue weighted by atomic mass is 32.2. The molecule has 1 aliphatic rings. The van der Waals surface area contributed by atoms with Crippen LogP contribution in [-0.4, -0.2) is 50.4 Å². The van der Waals surface area contributed by atoms with E-state index in [2.05, 4.69) is 15.1 Å². The molecule has 3 rings (SSSR count). The Labute approximate surface area is 152 Å². The summed E-state index contributed by atoms with van der Waals surface area (Å²) in [6.45, 7) is 1.26. The number of amides is 1. The van der Waals surface area contributed by atoms with Crippen molar-refractivity contribution in [3.8, 4) is 0 Å². The van der Waals surface area contributed by atoms with Gasteiger partial charge < -0.3 is 10.1 Å². The molecule has 2 heterocycles. The van der Waals surface area contributed by atoms with Gasteiger partial charge in [-0.2, -0.15) is 5.10 Å². The van der Waals surface area contributed by atoms with Gasteiger partial charge in [0, 0.05) is 31.8 Å². The fourth-order valence-corrected chi connectivity index (χ4v) is 4.32. The molecule has 1 aromatic heterocycles. The van der Waals surface area contributed by atoms with Crippen molar-refractivity contribution in [2.75, 3.05) is 20.3 Å². The zero-order chi connectivity index (χ0) is 18.6. The molecule has 1 aromatic carbocycles. The van der Waals surface area contributed by atoms with Gasteiger partial charge in [-0.25, -0.2) is 13.1 Å². The van der Waals surface area contributed by atoms with Gasteiger partial charge in [-0.15, -0.1) is 0 Å². The van der Waals surface area contributed by atoms with Gasteiger partial charge in [-0.1, -0.05) is 30.3 Å². The molecule has 0 aliphatic carbocycles. The number of nitrogens with zero attached hydrogens (tertiary/aromatic N) is 2. The summed E-state index contributed by atoms with van der Waals surface area (Å²) in [7, 11) is -1.87. The van der Waals surface area contributed by atoms with Gasteiger partial charge in [0.25, 0.3) is 5.91 Å². The molecule has 0 unspecified atom stereocenters. The molecule has 1 atom stereocenters. The van der Waals surface area contributed by atoms with E-state index in [1.807, 2.05) is 18.2 Å². The average Bonchev–Trinajstić information content (AvgIpc) is 3.13. The van der Waals surface area contributed by atoms with Crippen molar-refractivity contribution in [3.05, 3.63) is 53.3 Å². The number of aromatic nitrogens is 2. The number of methoxy groups -OCH3 is 1. The normalized spacial score (nSPS) is 16.4. The quantitative estimate of drug-likeness (QED) is 0.644. The van der Waals surface area contributed by atoms with Crippen LogP contribution in [0.4, 0.5) is 0 Å². The first kappa shape index (κ1) is 18.6. The first-order chi connectivity index (χ1) is 12.5. The van der Waals surface area contributed by atoms with E-state index in [1.54, 1.807) is 30.0 Å². The monoisotopic (exact) mass is 378 g/mol. The predicted molar refractivity (Wildman–Crippen MR) is 96.1 cm³/mol. The van der Waals surface area contributed by atoms with Crippen molar-refractivity contribution in [2.24, 2.45) is 0 Å². The Kier molecular flexibility index (Phi) is 5.70. The molecular weight excluding hydrogens is 356 g/mol. The van der Waals surface area contributed by atoms with E-state index in [1.165, 1.54) is 0 Å². The first-order valence-corrected chi connectivity index (χ1v) is 10.00. The molecule has 0 radical (unpaired) electrons. The summed E-state index contributed by atoms with van der Waals surface area (Å²) < 4.78 is 34.0. The van der Waals surface area contributed by atoms with Crippen molar-refractivity contribution in [1.82, 2.24) is 19.8 Å². The summed E-state index contributed by atoms with van der Waals surface area (Å²) in [5.74, 6) is -0.315. The molecule has 140 valence electrons. The second-order valence-corrected chi connectivity index (χ2v) is 7.97. The fraction of sp³-hybridized carbons (Fsp3) is 0.412. The zero-order valence-corrected chi connectivity index (χ0v) is 15.3. The van der Waals surface area contributed by atoms with Gasteiger partial charge in [0.15, 0.2) is 0 Å². The third-order valence-electron chi connectivity index (χ3n) is 4.08. The maximum absolute atomic E-state index is 12.3. The maximum atomic E-state index is 12.3. The predicted octanol–water partition coefficient (Wildman–Crippen LogP) is 0.304. The number of sulfonamides is 1. The molecular formula is C17H22N4O4S. The minimum atomic E-state index is -3.44. The molecule has 2 N–H and O–H groups in total. The van der Waals surface area contributed by atoms with E-state index in [4.69, 9.17) is 4.74 Å². The smallest absolute Gasteiger partial charge is 0.271 e. The van der Waals surface area contributed by atoms with Gasteiger partial charge >= 0.3 is 0 Å². The summed E-state index contributed by atoms with van der Waals surface area (Å²) in [5, 5.41) is 6.98. The molecule has 0 bridgehead atoms. The van der Waals surface area contributed by atoms with Crippen LogP contribution in [-0.2, 0) is 33.5 Å². The summed E-state index contributed by atoms with van der Waals surface area (Å²) in [6.07, 6.45) is 0.506. The van der Waals surface area contributed by atoms with Crippen LogP contribution in [0.25, 0.3) is 0 Å². The number of benzene rings is 1. The minimum Gasteiger partial charge on any atom is -0.383 e. The molecule has 0 fully saturated rings. The van der Waals surface area contributed by atoms with Gasteiger partial charge in [-0.05, 0) is 11.6 Å². The summed E-state index contributed by atoms with van der Waals surface area (Å²) in [6, 6.07) is 10.5. The highest BCUT2D eigenvalue weighted by molar-refractivity contribution is 7.88. The van der Waals surface area contributed by atoms with Crippen LogP contribution in [0.2, 0.25) is 0 Å². The van der Waals surface area contributed by atoms with E-state index in [-0.39, 0.29) is 17.7 Å². The number of hydrogen-bond donors (Lipinski definition) is 2. The molecule has 1 aliphatic heterocycles. The maximum Gasteiger partial charge on any atom is 0.271 e. The Balaban J connectivity index is 1.56. The number of nitrogens with one attached hydrogen (secondary N) is 2. The largest absolute Gasteiger partial charge is 0.383 e. The van der Waals surface area contributed by atoms with Crippen molar-refractivity contribution in [1.29, 1.82) is 0 Å². The van der Waals surface area contributed by atoms with Gasteiger partial charge in [0.1, 0.15) is 5.69 Å². The van der Waals surface area contributed by atoms with Crippen LogP contribution in [0, 0.1) is 0 Å². The van der Waals surface area contributed by atoms with Crippen LogP contribution < -0.4 is 10.0 Å². The van der Waals surface area contributed by atoms with Crippen LogP contribution in [0.3, 0.4) is 0 Å². The lowest BCUT2D eigenvalue weighted by Crippen LogP contribution is -2.37. The molecule has 8 nitrogen and oxygen atoms in total. The van der Waals surface area contributed by atoms with Gasteiger partial charge in [0.2, 0.25) is 10.0 Å². The molecule has 0 saturated heterocycles. The SMILES string of the molecule is COCCNC(=O)c1cc2n(n1)C[C@@H](NS(=O)(=O)Cc1ccccc1)C2. The zero-order valence-electron chi connectivity index (χ0n) is 14.5. The standard InChI is InChI=1S/C17H22N4O4S/c1-25-8-7-18-17(22)16-10-15-9-14(11-21(15)19-16)20-26(23,24)12-13-5-3-2-4-6-13/h2-6,10,14,20H,7-9,11-12H2,1H3,(H,18,22)/t14-/m0/s1. The van der Waals surface area contributed by atoms with Gasteiger partial charge in [-0.3, -0.25) is 9.48 Å². The van der Waals surface area contributed by atoms with Crippen molar-refractivity contribution in [3.63, 3.8) is 0 Å². The Morgan fingerprint density at radius 3 is 2.81 bits per heavy atom. The Morgan fingerprint density at radius 2 is 2.12 bits per heavy atom. The molecule has 1 amide bonds. The van der Waals surface area contributed by atoms with Crippen molar-refractivity contribution < 1.29 is 17.9 Å². The summed E-state index contributed by atoms with van der Waals surface area (Å²) in [4.78, 5) is 12.0. The number of carbonyl (C=O) groups excluding carboxylic acids is 1. The van der Waals surface area contributed by atoms with Crippen molar-refractivity contribution >= 4 is 15.9 Å². The van der Waals surface area contributed by atoms with E-state index in [9.17, 15) is 13.2 Å². The van der Waals surface area contributed by atoms with Gasteiger partial charge in [0.05, 0.1) is 18.9 Å². The lowest BCUT2D eigenvalue weighted by molar-refractivity contribution is 0.0931. The van der Waals surface area contributed by atoms with Crippen LogP contribution in [0.1, 0.15) is 21.7 Å². The molecule has 9 heteroatoms. The third-order valence-corrected chi connectivity index (χ3v) is 5.49. The Bertz CT molecular complexity index is 841. The number of hydrogen-bond acceptors (Lipinski definition) is 5. The van der Waals surface area contributed by atoms with Crippen LogP contribution >= 0.6 is 0 Å². The minimum absolute atomic E-state index is 0.0557. The van der Waals surface area contributed by atoms with Crippen LogP contribution in [0.5, 0.6) is 0 Å². The van der Waals surface area contributed by atoms with Crippen molar-refractivity contribution in [2.45, 2.75) is 24.8 Å². The summed E-state index contributed by atoms with van der Waals surface area (Å²) in [5.41, 5.74) is 1.92. The number of carbonyl (C=O) groups is 1. The molecule has 2 aromatic rings. The molecule has 0 saturated carbocycles. The molecule has 26 heavy (non-hydrogen) atoms. The first-order valence-electron chi connectivity index (χ1n) is 8.34. The number of ether oxygens (including phenoxy) is 1. The third kappa shape index (κ3) is 4.69. The van der Waals surface area contributed by atoms with Crippen LogP contribution in [0.15, 0.2) is 36.4 Å². The second kappa shape index (κ2) is 7.98. The van der Waals surface area contributed by atoms with E-state index < -0.39 is 10.0 Å². The highest BCUT2D eigenvalue weighted by Gasteiger charge is 2.28. The summed E-state index contributed by atoms with van der Waals surface area (Å²) >= 11 is 0. The van der Waals surface area contributed by atoms with E-state index in [0.717, 1.165) is 11.3 Å². The number of rotatable bonds is 8. The lowest BCUT2D eigenvalue weighted by Gasteiger charge is -2.12. The number of fused-ring (bicyclic) bond motifs is 1. The topological polar surface area (TPSA) is 102 Å². The lowest BCUT2D eigenvalue weighted by atomic mass is 10.2. The fourth-order valence-electron chi connectivity index (χ4n) is 2.94. The Morgan fingerprint density at radius 1 is 1.35 bits per heavy atom. The van der Waals surface area contributed by atoms with E-state index >= 15 is 0 Å². The molecule has 0 spiro atoms. The highest BCUT2D eigenvalue weighted by Crippen LogP contribution is 2.17. The second-order valence-electron chi connectivity index (χ2n) is 6.22. The average molecular weight is 378 g/mol. The Hall–Kier alpha value is -2.23. The van der Waals surface area contributed by atoms with E-state index in [0.29, 0.717) is 31.8 Å².